The standard InChI is InChI=1S/C16H23N3/c1-18-10-4-3-7-15(18)9-11-19(2)16-8-5-6-14(12-16)13-17/h5-6,8,12,15H,3-4,7,9-11H2,1-2H3. The maximum absolute atomic E-state index is 8.94. The van der Waals surface area contributed by atoms with Crippen LogP contribution < -0.4 is 4.90 Å². The largest absolute Gasteiger partial charge is 0.375 e. The lowest BCUT2D eigenvalue weighted by molar-refractivity contribution is 0.178. The van der Waals surface area contributed by atoms with Crippen LogP contribution in [0.25, 0.3) is 0 Å². The van der Waals surface area contributed by atoms with E-state index in [4.69, 9.17) is 5.26 Å². The Bertz CT molecular complexity index is 450. The zero-order valence-corrected chi connectivity index (χ0v) is 12.0. The van der Waals surface area contributed by atoms with Crippen LogP contribution in [0.15, 0.2) is 24.3 Å². The molecule has 0 saturated carbocycles. The van der Waals surface area contributed by atoms with Crippen LogP contribution in [0, 0.1) is 11.3 Å². The first-order chi connectivity index (χ1) is 9.20. The summed E-state index contributed by atoms with van der Waals surface area (Å²) in [4.78, 5) is 4.74. The molecule has 3 nitrogen and oxygen atoms in total. The van der Waals surface area contributed by atoms with Gasteiger partial charge in [-0.3, -0.25) is 0 Å². The third-order valence-corrected chi connectivity index (χ3v) is 4.14. The van der Waals surface area contributed by atoms with Gasteiger partial charge in [0.25, 0.3) is 0 Å². The first kappa shape index (κ1) is 13.9. The second kappa shape index (κ2) is 6.58. The Morgan fingerprint density at radius 3 is 3.00 bits per heavy atom. The lowest BCUT2D eigenvalue weighted by atomic mass is 10.00. The van der Waals surface area contributed by atoms with Gasteiger partial charge in [-0.05, 0) is 51.1 Å². The molecule has 1 aromatic carbocycles. The van der Waals surface area contributed by atoms with Crippen LogP contribution in [-0.2, 0) is 0 Å². The van der Waals surface area contributed by atoms with Crippen LogP contribution >= 0.6 is 0 Å². The van der Waals surface area contributed by atoms with Crippen molar-refractivity contribution in [2.75, 3.05) is 32.1 Å². The molecule has 1 fully saturated rings. The van der Waals surface area contributed by atoms with Gasteiger partial charge in [-0.15, -0.1) is 0 Å². The predicted octanol–water partition coefficient (Wildman–Crippen LogP) is 2.87. The maximum atomic E-state index is 8.94. The number of likely N-dealkylation sites (tertiary alicyclic amines) is 1. The Hall–Kier alpha value is -1.53. The van der Waals surface area contributed by atoms with Crippen molar-refractivity contribution in [1.29, 1.82) is 5.26 Å². The molecule has 0 radical (unpaired) electrons. The van der Waals surface area contributed by atoms with Crippen LogP contribution in [0.2, 0.25) is 0 Å². The highest BCUT2D eigenvalue weighted by molar-refractivity contribution is 5.50. The molecule has 1 atom stereocenters. The number of hydrogen-bond donors (Lipinski definition) is 0. The fraction of sp³-hybridized carbons (Fsp3) is 0.562. The number of nitrogens with zero attached hydrogens (tertiary/aromatic N) is 3. The smallest absolute Gasteiger partial charge is 0.0992 e. The van der Waals surface area contributed by atoms with Crippen LogP contribution in [0.3, 0.4) is 0 Å². The zero-order valence-electron chi connectivity index (χ0n) is 12.0. The average Bonchev–Trinajstić information content (AvgIpc) is 2.46. The minimum Gasteiger partial charge on any atom is -0.375 e. The van der Waals surface area contributed by atoms with E-state index in [9.17, 15) is 0 Å². The monoisotopic (exact) mass is 257 g/mol. The zero-order chi connectivity index (χ0) is 13.7. The molecule has 0 spiro atoms. The molecule has 0 bridgehead atoms. The summed E-state index contributed by atoms with van der Waals surface area (Å²) in [5, 5.41) is 8.94. The van der Waals surface area contributed by atoms with Gasteiger partial charge in [0.1, 0.15) is 0 Å². The van der Waals surface area contributed by atoms with Crippen LogP contribution in [-0.4, -0.2) is 38.1 Å². The van der Waals surface area contributed by atoms with E-state index < -0.39 is 0 Å². The fourth-order valence-electron chi connectivity index (χ4n) is 2.79. The average molecular weight is 257 g/mol. The number of hydrogen-bond acceptors (Lipinski definition) is 3. The maximum Gasteiger partial charge on any atom is 0.0992 e. The Kier molecular flexibility index (Phi) is 4.81. The molecule has 102 valence electrons. The van der Waals surface area contributed by atoms with Crippen molar-refractivity contribution in [3.63, 3.8) is 0 Å². The van der Waals surface area contributed by atoms with E-state index in [1.165, 1.54) is 32.2 Å². The molecule has 0 N–H and O–H groups in total. The van der Waals surface area contributed by atoms with E-state index in [-0.39, 0.29) is 0 Å². The van der Waals surface area contributed by atoms with E-state index in [0.717, 1.165) is 23.8 Å². The van der Waals surface area contributed by atoms with Crippen LogP contribution in [0.5, 0.6) is 0 Å². The number of benzene rings is 1. The van der Waals surface area contributed by atoms with Gasteiger partial charge in [0, 0.05) is 25.3 Å². The number of nitriles is 1. The normalized spacial score (nSPS) is 19.9. The second-order valence-corrected chi connectivity index (χ2v) is 5.50. The Labute approximate surface area is 116 Å². The van der Waals surface area contributed by atoms with Gasteiger partial charge in [-0.1, -0.05) is 12.5 Å². The molecule has 1 aliphatic rings. The SMILES string of the molecule is CN(CCC1CCCCN1C)c1cccc(C#N)c1. The highest BCUT2D eigenvalue weighted by Crippen LogP contribution is 2.20. The van der Waals surface area contributed by atoms with Crippen LogP contribution in [0.4, 0.5) is 5.69 Å². The van der Waals surface area contributed by atoms with E-state index in [2.05, 4.69) is 36.0 Å². The summed E-state index contributed by atoms with van der Waals surface area (Å²) in [7, 11) is 4.35. The van der Waals surface area contributed by atoms with Crippen molar-refractivity contribution in [3.8, 4) is 6.07 Å². The quantitative estimate of drug-likeness (QED) is 0.831. The molecule has 2 rings (SSSR count). The number of piperidine rings is 1. The van der Waals surface area contributed by atoms with E-state index >= 15 is 0 Å². The van der Waals surface area contributed by atoms with Crippen molar-refractivity contribution in [3.05, 3.63) is 29.8 Å². The van der Waals surface area contributed by atoms with Gasteiger partial charge in [0.15, 0.2) is 0 Å². The van der Waals surface area contributed by atoms with Gasteiger partial charge < -0.3 is 9.80 Å². The predicted molar refractivity (Wildman–Crippen MR) is 79.3 cm³/mol. The second-order valence-electron chi connectivity index (χ2n) is 5.50. The number of anilines is 1. The van der Waals surface area contributed by atoms with E-state index in [0.29, 0.717) is 0 Å². The molecule has 3 heteroatoms. The molecule has 0 amide bonds. The molecule has 1 unspecified atom stereocenters. The Balaban J connectivity index is 1.90. The third-order valence-electron chi connectivity index (χ3n) is 4.14. The van der Waals surface area contributed by atoms with E-state index in [1.807, 2.05) is 18.2 Å². The number of rotatable bonds is 4. The Morgan fingerprint density at radius 2 is 2.26 bits per heavy atom. The summed E-state index contributed by atoms with van der Waals surface area (Å²) in [5.41, 5.74) is 1.87. The minimum atomic E-state index is 0.718. The first-order valence-electron chi connectivity index (χ1n) is 7.12. The molecule has 1 aliphatic heterocycles. The summed E-state index contributed by atoms with van der Waals surface area (Å²) < 4.78 is 0. The van der Waals surface area contributed by atoms with Crippen molar-refractivity contribution in [1.82, 2.24) is 4.90 Å². The Morgan fingerprint density at radius 1 is 1.42 bits per heavy atom. The van der Waals surface area contributed by atoms with Gasteiger partial charge in [0.05, 0.1) is 11.6 Å². The molecule has 1 heterocycles. The summed E-state index contributed by atoms with van der Waals surface area (Å²) in [6.45, 7) is 2.28. The first-order valence-corrected chi connectivity index (χ1v) is 7.12. The van der Waals surface area contributed by atoms with Crippen molar-refractivity contribution in [2.45, 2.75) is 31.7 Å². The molecule has 1 saturated heterocycles. The van der Waals surface area contributed by atoms with Gasteiger partial charge in [-0.2, -0.15) is 5.26 Å². The minimum absolute atomic E-state index is 0.718. The summed E-state index contributed by atoms with van der Waals surface area (Å²) in [6.07, 6.45) is 5.22. The summed E-state index contributed by atoms with van der Waals surface area (Å²) in [6, 6.07) is 10.8. The highest BCUT2D eigenvalue weighted by Gasteiger charge is 2.18. The fourth-order valence-corrected chi connectivity index (χ4v) is 2.79. The molecular weight excluding hydrogens is 234 g/mol. The van der Waals surface area contributed by atoms with Gasteiger partial charge in [0.2, 0.25) is 0 Å². The lowest BCUT2D eigenvalue weighted by Gasteiger charge is -2.33. The summed E-state index contributed by atoms with van der Waals surface area (Å²) >= 11 is 0. The van der Waals surface area contributed by atoms with Gasteiger partial charge >= 0.3 is 0 Å². The van der Waals surface area contributed by atoms with Gasteiger partial charge in [-0.25, -0.2) is 0 Å². The van der Waals surface area contributed by atoms with Crippen molar-refractivity contribution in [2.24, 2.45) is 0 Å². The molecule has 19 heavy (non-hydrogen) atoms. The van der Waals surface area contributed by atoms with Crippen molar-refractivity contribution < 1.29 is 0 Å². The van der Waals surface area contributed by atoms with Crippen molar-refractivity contribution >= 4 is 5.69 Å². The molecule has 0 aliphatic carbocycles. The molecule has 1 aromatic rings. The lowest BCUT2D eigenvalue weighted by Crippen LogP contribution is -2.38. The molecule has 0 aromatic heterocycles. The molecular formula is C16H23N3. The van der Waals surface area contributed by atoms with E-state index in [1.54, 1.807) is 0 Å². The third kappa shape index (κ3) is 3.71. The highest BCUT2D eigenvalue weighted by atomic mass is 15.1. The summed E-state index contributed by atoms with van der Waals surface area (Å²) in [5.74, 6) is 0. The van der Waals surface area contributed by atoms with Crippen LogP contribution in [0.1, 0.15) is 31.2 Å². The topological polar surface area (TPSA) is 30.3 Å².